The summed E-state index contributed by atoms with van der Waals surface area (Å²) in [6.45, 7) is 9.64. The number of nitrogens with zero attached hydrogens (tertiary/aromatic N) is 1. The number of aryl methyl sites for hydroxylation is 1. The molecule has 3 aromatic rings. The summed E-state index contributed by atoms with van der Waals surface area (Å²) in [5.41, 5.74) is 5.46. The molecule has 25 heavy (non-hydrogen) atoms. The molecule has 1 aliphatic carbocycles. The van der Waals surface area contributed by atoms with Gasteiger partial charge in [-0.1, -0.05) is 25.1 Å². The molecule has 2 bridgehead atoms. The number of furan rings is 1. The van der Waals surface area contributed by atoms with E-state index in [0.29, 0.717) is 11.5 Å². The second-order valence-electron chi connectivity index (χ2n) is 8.93. The highest BCUT2D eigenvalue weighted by Crippen LogP contribution is 2.55. The van der Waals surface area contributed by atoms with Gasteiger partial charge in [0, 0.05) is 28.0 Å². The van der Waals surface area contributed by atoms with Crippen molar-refractivity contribution >= 4 is 27.6 Å². The normalized spacial score (nSPS) is 32.0. The second-order valence-corrected chi connectivity index (χ2v) is 8.93. The van der Waals surface area contributed by atoms with Gasteiger partial charge < -0.3 is 9.32 Å². The lowest BCUT2D eigenvalue weighted by Crippen LogP contribution is -2.65. The van der Waals surface area contributed by atoms with Gasteiger partial charge in [0.1, 0.15) is 11.2 Å². The third-order valence-electron chi connectivity index (χ3n) is 7.40. The van der Waals surface area contributed by atoms with Gasteiger partial charge in [-0.2, -0.15) is 0 Å². The Balaban J connectivity index is 1.74. The molecule has 1 saturated carbocycles. The molecule has 0 amide bonds. The van der Waals surface area contributed by atoms with Crippen LogP contribution in [-0.4, -0.2) is 11.6 Å². The van der Waals surface area contributed by atoms with Gasteiger partial charge in [0.05, 0.1) is 0 Å². The van der Waals surface area contributed by atoms with Crippen molar-refractivity contribution in [2.24, 2.45) is 5.41 Å². The smallest absolute Gasteiger partial charge is 0.135 e. The van der Waals surface area contributed by atoms with Crippen molar-refractivity contribution in [2.45, 2.75) is 65.0 Å². The standard InChI is InChI=1S/C23H27NO/c1-15-13-21-18(17-7-5-6-8-20(17)25-21)14-19(15)24-16(2)22(3)9-11-23(24,4)12-10-22/h5-8,13-14,16H,9-12H2,1-4H3/t16-,22?,23?/m0/s1. The van der Waals surface area contributed by atoms with Crippen LogP contribution in [0.1, 0.15) is 52.0 Å². The monoisotopic (exact) mass is 333 g/mol. The van der Waals surface area contributed by atoms with Crippen molar-refractivity contribution < 1.29 is 4.42 Å². The van der Waals surface area contributed by atoms with Crippen molar-refractivity contribution in [3.8, 4) is 0 Å². The van der Waals surface area contributed by atoms with Crippen LogP contribution in [-0.2, 0) is 0 Å². The fourth-order valence-corrected chi connectivity index (χ4v) is 5.42. The lowest BCUT2D eigenvalue weighted by Gasteiger charge is -2.63. The molecule has 0 N–H and O–H groups in total. The minimum absolute atomic E-state index is 0.287. The number of hydrogen-bond donors (Lipinski definition) is 0. The topological polar surface area (TPSA) is 16.4 Å². The molecule has 2 aromatic carbocycles. The Labute approximate surface area is 149 Å². The summed E-state index contributed by atoms with van der Waals surface area (Å²) in [5.74, 6) is 0. The zero-order chi connectivity index (χ0) is 17.4. The van der Waals surface area contributed by atoms with Crippen LogP contribution in [0.5, 0.6) is 0 Å². The predicted molar refractivity (Wildman–Crippen MR) is 105 cm³/mol. The Bertz CT molecular complexity index is 974. The Morgan fingerprint density at radius 2 is 1.68 bits per heavy atom. The highest BCUT2D eigenvalue weighted by molar-refractivity contribution is 6.06. The number of anilines is 1. The average molecular weight is 333 g/mol. The number of rotatable bonds is 1. The maximum absolute atomic E-state index is 6.09. The minimum atomic E-state index is 0.287. The molecule has 130 valence electrons. The van der Waals surface area contributed by atoms with Crippen LogP contribution in [0, 0.1) is 12.3 Å². The fourth-order valence-electron chi connectivity index (χ4n) is 5.42. The highest BCUT2D eigenvalue weighted by Gasteiger charge is 2.53. The Kier molecular flexibility index (Phi) is 2.94. The summed E-state index contributed by atoms with van der Waals surface area (Å²) >= 11 is 0. The van der Waals surface area contributed by atoms with E-state index in [2.05, 4.69) is 62.9 Å². The van der Waals surface area contributed by atoms with Crippen LogP contribution in [0.4, 0.5) is 5.69 Å². The first-order chi connectivity index (χ1) is 11.9. The number of fused-ring (bicyclic) bond motifs is 6. The molecule has 2 aliphatic heterocycles. The fraction of sp³-hybridized carbons (Fsp3) is 0.478. The summed E-state index contributed by atoms with van der Waals surface area (Å²) in [6, 6.07) is 13.6. The minimum Gasteiger partial charge on any atom is -0.456 e. The molecule has 3 heterocycles. The molecule has 1 aromatic heterocycles. The van der Waals surface area contributed by atoms with Gasteiger partial charge in [0.15, 0.2) is 0 Å². The lowest BCUT2D eigenvalue weighted by atomic mass is 9.59. The van der Waals surface area contributed by atoms with Crippen LogP contribution >= 0.6 is 0 Å². The van der Waals surface area contributed by atoms with E-state index >= 15 is 0 Å². The van der Waals surface area contributed by atoms with E-state index in [1.807, 2.05) is 6.07 Å². The number of hydrogen-bond acceptors (Lipinski definition) is 2. The highest BCUT2D eigenvalue weighted by atomic mass is 16.3. The maximum atomic E-state index is 6.09. The summed E-state index contributed by atoms with van der Waals surface area (Å²) in [7, 11) is 0. The lowest BCUT2D eigenvalue weighted by molar-refractivity contribution is 0.0509. The molecule has 2 saturated heterocycles. The van der Waals surface area contributed by atoms with E-state index in [0.717, 1.165) is 11.2 Å². The van der Waals surface area contributed by atoms with Gasteiger partial charge in [-0.05, 0) is 75.6 Å². The molecule has 0 spiro atoms. The predicted octanol–water partition coefficient (Wildman–Crippen LogP) is 6.44. The molecule has 1 atom stereocenters. The van der Waals surface area contributed by atoms with E-state index in [4.69, 9.17) is 4.42 Å². The Hall–Kier alpha value is -1.96. The first kappa shape index (κ1) is 15.3. The van der Waals surface area contributed by atoms with E-state index in [-0.39, 0.29) is 5.54 Å². The van der Waals surface area contributed by atoms with Crippen LogP contribution in [0.25, 0.3) is 21.9 Å². The van der Waals surface area contributed by atoms with Crippen LogP contribution in [0.15, 0.2) is 40.8 Å². The van der Waals surface area contributed by atoms with E-state index in [9.17, 15) is 0 Å². The van der Waals surface area contributed by atoms with Crippen molar-refractivity contribution in [3.63, 3.8) is 0 Å². The average Bonchev–Trinajstić information content (AvgIpc) is 2.94. The number of para-hydroxylation sites is 1. The van der Waals surface area contributed by atoms with Gasteiger partial charge >= 0.3 is 0 Å². The zero-order valence-electron chi connectivity index (χ0n) is 15.7. The third-order valence-corrected chi connectivity index (χ3v) is 7.40. The number of benzene rings is 2. The van der Waals surface area contributed by atoms with Gasteiger partial charge in [-0.3, -0.25) is 0 Å². The molecule has 0 radical (unpaired) electrons. The molecule has 0 unspecified atom stereocenters. The van der Waals surface area contributed by atoms with Crippen molar-refractivity contribution in [2.75, 3.05) is 4.90 Å². The first-order valence-electron chi connectivity index (χ1n) is 9.63. The molecule has 2 heteroatoms. The van der Waals surface area contributed by atoms with E-state index in [1.165, 1.54) is 47.7 Å². The van der Waals surface area contributed by atoms with E-state index < -0.39 is 0 Å². The maximum Gasteiger partial charge on any atom is 0.135 e. The second kappa shape index (κ2) is 4.81. The molecular formula is C23H27NO. The summed E-state index contributed by atoms with van der Waals surface area (Å²) in [5, 5.41) is 2.48. The van der Waals surface area contributed by atoms with Gasteiger partial charge in [-0.25, -0.2) is 0 Å². The van der Waals surface area contributed by atoms with E-state index in [1.54, 1.807) is 0 Å². The summed E-state index contributed by atoms with van der Waals surface area (Å²) in [6.07, 6.45) is 5.32. The summed E-state index contributed by atoms with van der Waals surface area (Å²) in [4.78, 5) is 2.75. The van der Waals surface area contributed by atoms with Crippen molar-refractivity contribution in [1.82, 2.24) is 0 Å². The van der Waals surface area contributed by atoms with Crippen LogP contribution in [0.3, 0.4) is 0 Å². The van der Waals surface area contributed by atoms with Gasteiger partial charge in [0.25, 0.3) is 0 Å². The Morgan fingerprint density at radius 3 is 2.44 bits per heavy atom. The SMILES string of the molecule is Cc1cc2oc3ccccc3c2cc1N1[C@@H](C)C2(C)CCC1(C)CC2. The largest absolute Gasteiger partial charge is 0.456 e. The Morgan fingerprint density at radius 1 is 0.960 bits per heavy atom. The van der Waals surface area contributed by atoms with Gasteiger partial charge in [0.2, 0.25) is 0 Å². The molecule has 3 aliphatic rings. The first-order valence-corrected chi connectivity index (χ1v) is 9.63. The number of piperidine rings is 2. The van der Waals surface area contributed by atoms with Crippen molar-refractivity contribution in [1.29, 1.82) is 0 Å². The molecule has 6 rings (SSSR count). The van der Waals surface area contributed by atoms with Crippen molar-refractivity contribution in [3.05, 3.63) is 42.0 Å². The molecule has 2 nitrogen and oxygen atoms in total. The van der Waals surface area contributed by atoms with Crippen LogP contribution < -0.4 is 4.90 Å². The zero-order valence-corrected chi connectivity index (χ0v) is 15.7. The van der Waals surface area contributed by atoms with Crippen LogP contribution in [0.2, 0.25) is 0 Å². The molecular weight excluding hydrogens is 306 g/mol. The molecule has 3 fully saturated rings. The van der Waals surface area contributed by atoms with Gasteiger partial charge in [-0.15, -0.1) is 0 Å². The summed E-state index contributed by atoms with van der Waals surface area (Å²) < 4.78 is 6.09. The third kappa shape index (κ3) is 1.97. The quantitative estimate of drug-likeness (QED) is 0.509.